The summed E-state index contributed by atoms with van der Waals surface area (Å²) in [4.78, 5) is 26.1. The zero-order valence-electron chi connectivity index (χ0n) is 40.7. The van der Waals surface area contributed by atoms with Crippen LogP contribution >= 0.6 is 0 Å². The molecule has 0 saturated heterocycles. The first kappa shape index (κ1) is 51.1. The largest absolute Gasteiger partial charge is 0.458 e. The third-order valence-corrected chi connectivity index (χ3v) is 16.3. The van der Waals surface area contributed by atoms with Crippen molar-refractivity contribution in [3.05, 3.63) is 36.0 Å². The molecule has 4 fully saturated rings. The zero-order chi connectivity index (χ0) is 44.0. The van der Waals surface area contributed by atoms with Gasteiger partial charge in [0.25, 0.3) is 0 Å². The molecule has 10 atom stereocenters. The summed E-state index contributed by atoms with van der Waals surface area (Å²) in [6, 6.07) is 0. The summed E-state index contributed by atoms with van der Waals surface area (Å²) >= 11 is 0. The van der Waals surface area contributed by atoms with Gasteiger partial charge in [0.2, 0.25) is 0 Å². The molecule has 6 heteroatoms. The van der Waals surface area contributed by atoms with E-state index < -0.39 is 11.6 Å². The molecule has 5 rings (SSSR count). The van der Waals surface area contributed by atoms with Crippen LogP contribution < -0.4 is 0 Å². The number of hydrogen-bond acceptors (Lipinski definition) is 6. The smallest absolute Gasteiger partial charge is 0.332 e. The van der Waals surface area contributed by atoms with Crippen LogP contribution in [0.1, 0.15) is 214 Å². The van der Waals surface area contributed by atoms with E-state index in [2.05, 4.69) is 65.0 Å². The minimum atomic E-state index is -0.510. The van der Waals surface area contributed by atoms with Crippen LogP contribution in [-0.2, 0) is 28.5 Å². The van der Waals surface area contributed by atoms with Gasteiger partial charge in [0.05, 0.1) is 6.61 Å². The predicted octanol–water partition coefficient (Wildman–Crippen LogP) is 14.9. The Balaban J connectivity index is 0.938. The Kier molecular flexibility index (Phi) is 23.2. The van der Waals surface area contributed by atoms with Crippen molar-refractivity contribution in [1.82, 2.24) is 0 Å². The molecule has 0 aromatic carbocycles. The second-order valence-corrected chi connectivity index (χ2v) is 21.7. The third-order valence-electron chi connectivity index (χ3n) is 16.3. The summed E-state index contributed by atoms with van der Waals surface area (Å²) < 4.78 is 23.8. The molecule has 5 aliphatic rings. The van der Waals surface area contributed by atoms with Crippen LogP contribution in [0.2, 0.25) is 0 Å². The Morgan fingerprint density at radius 2 is 1.47 bits per heavy atom. The fourth-order valence-corrected chi connectivity index (χ4v) is 12.8. The van der Waals surface area contributed by atoms with Gasteiger partial charge in [0.1, 0.15) is 24.9 Å². The van der Waals surface area contributed by atoms with Crippen LogP contribution in [0.15, 0.2) is 36.0 Å². The molecule has 4 saturated carbocycles. The minimum Gasteiger partial charge on any atom is -0.458 e. The number of ether oxygens (including phenoxy) is 4. The highest BCUT2D eigenvalue weighted by Gasteiger charge is 2.51. The lowest BCUT2D eigenvalue weighted by molar-refractivity contribution is -0.170. The van der Waals surface area contributed by atoms with Gasteiger partial charge in [-0.05, 0) is 150 Å². The van der Waals surface area contributed by atoms with Gasteiger partial charge in [-0.1, -0.05) is 147 Å². The van der Waals surface area contributed by atoms with Gasteiger partial charge >= 0.3 is 11.9 Å². The minimum absolute atomic E-state index is 0.228. The molecule has 0 spiro atoms. The van der Waals surface area contributed by atoms with Crippen molar-refractivity contribution in [2.75, 3.05) is 26.4 Å². The maximum Gasteiger partial charge on any atom is 0.332 e. The van der Waals surface area contributed by atoms with E-state index in [4.69, 9.17) is 18.9 Å². The normalized spacial score (nSPS) is 30.1. The van der Waals surface area contributed by atoms with Crippen molar-refractivity contribution in [2.45, 2.75) is 226 Å². The highest BCUT2D eigenvalue weighted by molar-refractivity contribution is 5.73. The lowest BCUT2D eigenvalue weighted by Gasteiger charge is -2.51. The fraction of sp³-hybridized carbons (Fsp3) is 0.857. The van der Waals surface area contributed by atoms with E-state index in [0.717, 1.165) is 74.0 Å². The molecular weight excluding hydrogens is 769 g/mol. The molecule has 0 N–H and O–H groups in total. The van der Waals surface area contributed by atoms with Crippen LogP contribution in [0.4, 0.5) is 0 Å². The van der Waals surface area contributed by atoms with E-state index in [1.54, 1.807) is 0 Å². The first-order valence-corrected chi connectivity index (χ1v) is 26.7. The van der Waals surface area contributed by atoms with Gasteiger partial charge in [-0.3, -0.25) is 0 Å². The summed E-state index contributed by atoms with van der Waals surface area (Å²) in [5.41, 5.74) is 1.03. The molecule has 6 nitrogen and oxygen atoms in total. The van der Waals surface area contributed by atoms with Gasteiger partial charge in [-0.25, -0.2) is 9.59 Å². The number of esters is 2. The quantitative estimate of drug-likeness (QED) is 0.0407. The van der Waals surface area contributed by atoms with Crippen LogP contribution in [0.3, 0.4) is 0 Å². The first-order chi connectivity index (χ1) is 30.2. The van der Waals surface area contributed by atoms with Crippen LogP contribution in [0.5, 0.6) is 0 Å². The molecule has 0 aromatic rings. The molecule has 0 aliphatic heterocycles. The van der Waals surface area contributed by atoms with Gasteiger partial charge in [0.15, 0.2) is 0 Å². The first-order valence-electron chi connectivity index (χ1n) is 26.7. The van der Waals surface area contributed by atoms with Crippen LogP contribution in [0.25, 0.3) is 0 Å². The second kappa shape index (κ2) is 28.2. The Morgan fingerprint density at radius 3 is 2.23 bits per heavy atom. The number of unbranched alkanes of at least 4 members (excludes halogenated alkanes) is 10. The van der Waals surface area contributed by atoms with Gasteiger partial charge in [-0.2, -0.15) is 0 Å². The summed E-state index contributed by atoms with van der Waals surface area (Å²) in [5, 5.41) is 0. The number of carbonyl (C=O) groups excluding carboxylic acids is 2. The summed E-state index contributed by atoms with van der Waals surface area (Å²) in [6.07, 6.45) is 46.2. The topological polar surface area (TPSA) is 71.1 Å². The van der Waals surface area contributed by atoms with Crippen molar-refractivity contribution in [1.29, 1.82) is 0 Å². The lowest BCUT2D eigenvalue weighted by Crippen LogP contribution is -2.45. The molecule has 8 unspecified atom stereocenters. The van der Waals surface area contributed by atoms with Crippen molar-refractivity contribution in [3.8, 4) is 0 Å². The number of fused-ring (bicyclic) bond motifs is 5. The fourth-order valence-electron chi connectivity index (χ4n) is 12.8. The number of rotatable bonds is 30. The van der Waals surface area contributed by atoms with Crippen molar-refractivity contribution >= 4 is 11.9 Å². The molecule has 0 heterocycles. The van der Waals surface area contributed by atoms with Crippen molar-refractivity contribution < 1.29 is 28.5 Å². The standard InChI is InChI=1S/C56H94O6/c1-6-7-8-9-10-11-12-13-14-15-16-17-18-19-20-23-37-59-40-48(38-46-28-24-26-44(46)4)61-54(57)41-60-42-55(58)62-56(5)36-35-50-47(39-56)30-32-53-51-31-29-45(27-22-21-25-43(2)3)49(51)33-34-52(50)53/h10-11,13-14,30,43-46,48-53H,6-9,12,15-29,31-42H2,1-5H3/b11-10-,14-13-/t44?,45-,46?,48?,49?,50?,51?,52?,53?,56-/m0/s1. The van der Waals surface area contributed by atoms with Gasteiger partial charge < -0.3 is 18.9 Å². The predicted molar refractivity (Wildman–Crippen MR) is 256 cm³/mol. The second-order valence-electron chi connectivity index (χ2n) is 21.7. The van der Waals surface area contributed by atoms with E-state index in [-0.39, 0.29) is 25.3 Å². The average Bonchev–Trinajstić information content (AvgIpc) is 3.86. The Bertz CT molecular complexity index is 1370. The number of carbonyl (C=O) groups is 2. The van der Waals surface area contributed by atoms with Crippen LogP contribution in [0, 0.1) is 53.3 Å². The molecule has 5 aliphatic carbocycles. The highest BCUT2D eigenvalue weighted by Crippen LogP contribution is 2.59. The van der Waals surface area contributed by atoms with E-state index in [1.165, 1.54) is 147 Å². The molecule has 62 heavy (non-hydrogen) atoms. The van der Waals surface area contributed by atoms with E-state index in [0.29, 0.717) is 31.0 Å². The summed E-state index contributed by atoms with van der Waals surface area (Å²) in [7, 11) is 0. The van der Waals surface area contributed by atoms with Crippen molar-refractivity contribution in [3.63, 3.8) is 0 Å². The third kappa shape index (κ3) is 17.5. The molecule has 0 bridgehead atoms. The van der Waals surface area contributed by atoms with Gasteiger partial charge in [-0.15, -0.1) is 0 Å². The molecule has 0 radical (unpaired) electrons. The zero-order valence-corrected chi connectivity index (χ0v) is 40.7. The number of allylic oxidation sites excluding steroid dienone is 5. The Labute approximate surface area is 380 Å². The van der Waals surface area contributed by atoms with Crippen molar-refractivity contribution in [2.24, 2.45) is 53.3 Å². The van der Waals surface area contributed by atoms with E-state index in [9.17, 15) is 9.59 Å². The summed E-state index contributed by atoms with van der Waals surface area (Å²) in [6.45, 7) is 12.0. The monoisotopic (exact) mass is 863 g/mol. The summed E-state index contributed by atoms with van der Waals surface area (Å²) in [5.74, 6) is 6.40. The molecule has 0 aromatic heterocycles. The molecule has 0 amide bonds. The Morgan fingerprint density at radius 1 is 0.742 bits per heavy atom. The molecule has 354 valence electrons. The highest BCUT2D eigenvalue weighted by atomic mass is 16.6. The van der Waals surface area contributed by atoms with Crippen LogP contribution in [-0.4, -0.2) is 50.1 Å². The lowest BCUT2D eigenvalue weighted by atomic mass is 9.55. The van der Waals surface area contributed by atoms with E-state index >= 15 is 0 Å². The maximum absolute atomic E-state index is 13.1. The Hall–Kier alpha value is -1.92. The maximum atomic E-state index is 13.1. The SMILES string of the molecule is CCCCC/C=C\C/C=C\CCCCCCCCOCC(CC1CCCC1C)OC(=O)COCC(=O)O[C@@]1(C)CCC2C(=CCC3C2CCC2C3CC[C@@H]2CCCCC(C)C)C1. The average molecular weight is 863 g/mol. The molecular formula is C56H94O6. The van der Waals surface area contributed by atoms with E-state index in [1.807, 2.05) is 0 Å². The van der Waals surface area contributed by atoms with Gasteiger partial charge in [0, 0.05) is 13.0 Å². The number of hydrogen-bond donors (Lipinski definition) is 0.